The lowest BCUT2D eigenvalue weighted by atomic mass is 9.85. The molecule has 2 aromatic carbocycles. The summed E-state index contributed by atoms with van der Waals surface area (Å²) in [5, 5.41) is 3.21. The number of hydrogen-bond donors (Lipinski definition) is 1. The summed E-state index contributed by atoms with van der Waals surface area (Å²) in [4.78, 5) is 12.0. The maximum absolute atomic E-state index is 13.0. The second-order valence-electron chi connectivity index (χ2n) is 5.65. The fourth-order valence-corrected chi connectivity index (χ4v) is 2.81. The molecule has 0 heterocycles. The first kappa shape index (κ1) is 15.3. The van der Waals surface area contributed by atoms with Crippen LogP contribution in [0.25, 0.3) is 0 Å². The highest BCUT2D eigenvalue weighted by molar-refractivity contribution is 5.92. The topological polar surface area (TPSA) is 38.3 Å². The Hall–Kier alpha value is -2.62. The lowest BCUT2D eigenvalue weighted by Crippen LogP contribution is -2.16. The van der Waals surface area contributed by atoms with Crippen LogP contribution in [-0.4, -0.2) is 12.9 Å². The van der Waals surface area contributed by atoms with Gasteiger partial charge in [-0.05, 0) is 54.3 Å². The van der Waals surface area contributed by atoms with Crippen molar-refractivity contribution in [2.45, 2.75) is 18.8 Å². The molecular weight excluding hydrogens is 293 g/mol. The zero-order valence-corrected chi connectivity index (χ0v) is 12.9. The summed E-state index contributed by atoms with van der Waals surface area (Å²) in [5.74, 6) is 0.763. The van der Waals surface area contributed by atoms with Crippen LogP contribution in [0.4, 0.5) is 10.1 Å². The van der Waals surface area contributed by atoms with Crippen LogP contribution in [0, 0.1) is 5.82 Å². The van der Waals surface area contributed by atoms with Crippen molar-refractivity contribution in [1.82, 2.24) is 0 Å². The van der Waals surface area contributed by atoms with Gasteiger partial charge in [-0.1, -0.05) is 12.1 Å². The minimum atomic E-state index is -0.277. The van der Waals surface area contributed by atoms with Gasteiger partial charge in [0.2, 0.25) is 0 Å². The van der Waals surface area contributed by atoms with Gasteiger partial charge in [0.05, 0.1) is 7.11 Å². The van der Waals surface area contributed by atoms with Crippen molar-refractivity contribution < 1.29 is 13.9 Å². The summed E-state index contributed by atoms with van der Waals surface area (Å²) in [6.45, 7) is 0. The first-order valence-electron chi connectivity index (χ1n) is 7.54. The fourth-order valence-electron chi connectivity index (χ4n) is 2.81. The van der Waals surface area contributed by atoms with Gasteiger partial charge in [-0.3, -0.25) is 4.79 Å². The molecule has 2 aromatic rings. The van der Waals surface area contributed by atoms with Crippen LogP contribution >= 0.6 is 0 Å². The lowest BCUT2D eigenvalue weighted by Gasteiger charge is -2.23. The Balaban J connectivity index is 1.74. The van der Waals surface area contributed by atoms with E-state index in [1.807, 2.05) is 24.3 Å². The summed E-state index contributed by atoms with van der Waals surface area (Å²) in [7, 11) is 1.63. The highest BCUT2D eigenvalue weighted by atomic mass is 19.1. The van der Waals surface area contributed by atoms with E-state index in [2.05, 4.69) is 5.32 Å². The molecular formula is C19H18FNO2. The molecule has 0 unspecified atom stereocenters. The standard InChI is InChI=1S/C19H18FNO2/c1-23-19-8-2-13(3-9-19)14-10-17(12-18(22)11-14)21-16-6-4-15(20)5-7-16/h2-9,12,14,21H,10-11H2,1H3/t14-/m1/s1. The Labute approximate surface area is 134 Å². The van der Waals surface area contributed by atoms with Gasteiger partial charge in [-0.25, -0.2) is 4.39 Å². The molecule has 4 heteroatoms. The summed E-state index contributed by atoms with van der Waals surface area (Å²) < 4.78 is 18.1. The van der Waals surface area contributed by atoms with Gasteiger partial charge in [-0.15, -0.1) is 0 Å². The van der Waals surface area contributed by atoms with E-state index in [0.29, 0.717) is 6.42 Å². The number of allylic oxidation sites excluding steroid dienone is 2. The maximum atomic E-state index is 13.0. The van der Waals surface area contributed by atoms with Crippen LogP contribution in [0.2, 0.25) is 0 Å². The third kappa shape index (κ3) is 3.77. The number of halogens is 1. The summed E-state index contributed by atoms with van der Waals surface area (Å²) in [5.41, 5.74) is 2.75. The SMILES string of the molecule is COc1ccc([C@H]2CC(=O)C=C(Nc3ccc(F)cc3)C2)cc1. The highest BCUT2D eigenvalue weighted by Gasteiger charge is 2.22. The fraction of sp³-hybridized carbons (Fsp3) is 0.211. The van der Waals surface area contributed by atoms with E-state index in [4.69, 9.17) is 4.74 Å². The zero-order valence-electron chi connectivity index (χ0n) is 12.9. The normalized spacial score (nSPS) is 17.6. The van der Waals surface area contributed by atoms with Crippen LogP contribution in [0.15, 0.2) is 60.3 Å². The molecule has 3 nitrogen and oxygen atoms in total. The van der Waals surface area contributed by atoms with Crippen molar-refractivity contribution in [2.75, 3.05) is 12.4 Å². The molecule has 0 amide bonds. The number of ketones is 1. The number of hydrogen-bond acceptors (Lipinski definition) is 3. The summed E-state index contributed by atoms with van der Waals surface area (Å²) in [6.07, 6.45) is 2.89. The maximum Gasteiger partial charge on any atom is 0.158 e. The number of methoxy groups -OCH3 is 1. The van der Waals surface area contributed by atoms with E-state index in [1.165, 1.54) is 12.1 Å². The van der Waals surface area contributed by atoms with E-state index in [9.17, 15) is 9.18 Å². The summed E-state index contributed by atoms with van der Waals surface area (Å²) >= 11 is 0. The molecule has 1 aliphatic carbocycles. The smallest absolute Gasteiger partial charge is 0.158 e. The molecule has 0 radical (unpaired) electrons. The minimum Gasteiger partial charge on any atom is -0.497 e. The third-order valence-corrected chi connectivity index (χ3v) is 3.99. The Bertz CT molecular complexity index is 720. The first-order chi connectivity index (χ1) is 11.1. The van der Waals surface area contributed by atoms with Crippen LogP contribution in [-0.2, 0) is 4.79 Å². The largest absolute Gasteiger partial charge is 0.497 e. The van der Waals surface area contributed by atoms with Gasteiger partial charge in [0.15, 0.2) is 5.78 Å². The van der Waals surface area contributed by atoms with Crippen molar-refractivity contribution in [2.24, 2.45) is 0 Å². The third-order valence-electron chi connectivity index (χ3n) is 3.99. The predicted octanol–water partition coefficient (Wildman–Crippen LogP) is 4.28. The molecule has 118 valence electrons. The quantitative estimate of drug-likeness (QED) is 0.916. The second-order valence-corrected chi connectivity index (χ2v) is 5.65. The number of rotatable bonds is 4. The Morgan fingerprint density at radius 2 is 1.74 bits per heavy atom. The van der Waals surface area contributed by atoms with Crippen molar-refractivity contribution in [3.8, 4) is 5.75 Å². The second kappa shape index (κ2) is 6.65. The zero-order chi connectivity index (χ0) is 16.2. The molecule has 1 aliphatic rings. The Kier molecular flexibility index (Phi) is 4.42. The van der Waals surface area contributed by atoms with Crippen LogP contribution in [0.1, 0.15) is 24.3 Å². The molecule has 0 spiro atoms. The molecule has 0 aliphatic heterocycles. The Morgan fingerprint density at radius 1 is 1.04 bits per heavy atom. The molecule has 0 saturated heterocycles. The van der Waals surface area contributed by atoms with Crippen LogP contribution in [0.3, 0.4) is 0 Å². The molecule has 0 aromatic heterocycles. The van der Waals surface area contributed by atoms with E-state index in [1.54, 1.807) is 25.3 Å². The molecule has 1 N–H and O–H groups in total. The average molecular weight is 311 g/mol. The van der Waals surface area contributed by atoms with Crippen molar-refractivity contribution in [1.29, 1.82) is 0 Å². The van der Waals surface area contributed by atoms with Crippen molar-refractivity contribution >= 4 is 11.5 Å². The number of benzene rings is 2. The summed E-state index contributed by atoms with van der Waals surface area (Å²) in [6, 6.07) is 13.9. The molecule has 23 heavy (non-hydrogen) atoms. The van der Waals surface area contributed by atoms with E-state index in [-0.39, 0.29) is 17.5 Å². The van der Waals surface area contributed by atoms with Gasteiger partial charge in [0.1, 0.15) is 11.6 Å². The van der Waals surface area contributed by atoms with Crippen LogP contribution < -0.4 is 10.1 Å². The first-order valence-corrected chi connectivity index (χ1v) is 7.54. The molecule has 3 rings (SSSR count). The van der Waals surface area contributed by atoms with E-state index < -0.39 is 0 Å². The van der Waals surface area contributed by atoms with E-state index in [0.717, 1.165) is 29.1 Å². The number of ether oxygens (including phenoxy) is 1. The van der Waals surface area contributed by atoms with Gasteiger partial charge < -0.3 is 10.1 Å². The molecule has 0 bridgehead atoms. The van der Waals surface area contributed by atoms with Gasteiger partial charge in [0.25, 0.3) is 0 Å². The van der Waals surface area contributed by atoms with Crippen LogP contribution in [0.5, 0.6) is 5.75 Å². The average Bonchev–Trinajstić information content (AvgIpc) is 2.56. The molecule has 0 fully saturated rings. The number of anilines is 1. The monoisotopic (exact) mass is 311 g/mol. The number of nitrogens with one attached hydrogen (secondary N) is 1. The number of carbonyl (C=O) groups is 1. The predicted molar refractivity (Wildman–Crippen MR) is 88.1 cm³/mol. The van der Waals surface area contributed by atoms with E-state index >= 15 is 0 Å². The molecule has 1 atom stereocenters. The number of carbonyl (C=O) groups excluding carboxylic acids is 1. The van der Waals surface area contributed by atoms with Gasteiger partial charge in [0, 0.05) is 23.9 Å². The molecule has 0 saturated carbocycles. The minimum absolute atomic E-state index is 0.0988. The Morgan fingerprint density at radius 3 is 2.39 bits per heavy atom. The highest BCUT2D eigenvalue weighted by Crippen LogP contribution is 2.32. The van der Waals surface area contributed by atoms with Gasteiger partial charge in [-0.2, -0.15) is 0 Å². The van der Waals surface area contributed by atoms with Crippen molar-refractivity contribution in [3.05, 3.63) is 71.7 Å². The lowest BCUT2D eigenvalue weighted by molar-refractivity contribution is -0.115. The van der Waals surface area contributed by atoms with Gasteiger partial charge >= 0.3 is 0 Å². The van der Waals surface area contributed by atoms with Crippen molar-refractivity contribution in [3.63, 3.8) is 0 Å².